The van der Waals surface area contributed by atoms with Crippen molar-refractivity contribution < 1.29 is 9.59 Å². The number of rotatable bonds is 2. The van der Waals surface area contributed by atoms with Gasteiger partial charge < -0.3 is 10.6 Å². The summed E-state index contributed by atoms with van der Waals surface area (Å²) in [5.74, 6) is -0.213. The summed E-state index contributed by atoms with van der Waals surface area (Å²) in [6.07, 6.45) is 4.60. The van der Waals surface area contributed by atoms with Gasteiger partial charge in [0.1, 0.15) is 0 Å². The summed E-state index contributed by atoms with van der Waals surface area (Å²) in [6, 6.07) is 7.37. The Kier molecular flexibility index (Phi) is 4.08. The molecule has 24 heavy (non-hydrogen) atoms. The van der Waals surface area contributed by atoms with Gasteiger partial charge in [-0.1, -0.05) is 25.1 Å². The maximum Gasteiger partial charge on any atom is 0.251 e. The van der Waals surface area contributed by atoms with Crippen molar-refractivity contribution in [3.63, 3.8) is 0 Å². The Hall–Kier alpha value is -2.36. The largest absolute Gasteiger partial charge is 0.377 e. The molecule has 2 aliphatic rings. The topological polar surface area (TPSA) is 58.2 Å². The van der Waals surface area contributed by atoms with Gasteiger partial charge in [0.15, 0.2) is 5.78 Å². The first kappa shape index (κ1) is 16.5. The van der Waals surface area contributed by atoms with Crippen LogP contribution in [0.3, 0.4) is 0 Å². The van der Waals surface area contributed by atoms with E-state index in [2.05, 4.69) is 10.6 Å². The van der Waals surface area contributed by atoms with Gasteiger partial charge in [0, 0.05) is 22.4 Å². The van der Waals surface area contributed by atoms with Crippen LogP contribution < -0.4 is 10.6 Å². The maximum absolute atomic E-state index is 12.8. The molecule has 1 amide bonds. The molecule has 1 aliphatic heterocycles. The van der Waals surface area contributed by atoms with Crippen LogP contribution in [0.15, 0.2) is 47.6 Å². The van der Waals surface area contributed by atoms with Crippen LogP contribution in [0, 0.1) is 5.92 Å². The van der Waals surface area contributed by atoms with Gasteiger partial charge in [-0.25, -0.2) is 0 Å². The molecular weight excluding hydrogens is 300 g/mol. The molecule has 0 spiro atoms. The summed E-state index contributed by atoms with van der Waals surface area (Å²) >= 11 is 0. The molecule has 1 aromatic carbocycles. The molecule has 4 nitrogen and oxygen atoms in total. The highest BCUT2D eigenvalue weighted by atomic mass is 16.2. The number of hydrogen-bond donors (Lipinski definition) is 2. The summed E-state index contributed by atoms with van der Waals surface area (Å²) in [7, 11) is 0. The van der Waals surface area contributed by atoms with Crippen molar-refractivity contribution >= 4 is 17.4 Å². The fourth-order valence-electron chi connectivity index (χ4n) is 3.29. The molecule has 3 rings (SSSR count). The van der Waals surface area contributed by atoms with Crippen molar-refractivity contribution in [1.29, 1.82) is 0 Å². The lowest BCUT2D eigenvalue weighted by Crippen LogP contribution is -2.44. The van der Waals surface area contributed by atoms with E-state index in [4.69, 9.17) is 0 Å². The summed E-state index contributed by atoms with van der Waals surface area (Å²) in [5.41, 5.74) is 2.88. The average molecular weight is 324 g/mol. The number of para-hydroxylation sites is 1. The summed E-state index contributed by atoms with van der Waals surface area (Å²) in [6.45, 7) is 7.90. The van der Waals surface area contributed by atoms with Crippen LogP contribution in [0.2, 0.25) is 0 Å². The Balaban J connectivity index is 1.97. The zero-order chi connectivity index (χ0) is 17.5. The van der Waals surface area contributed by atoms with E-state index in [-0.39, 0.29) is 29.2 Å². The van der Waals surface area contributed by atoms with Crippen molar-refractivity contribution in [3.05, 3.63) is 53.1 Å². The molecule has 0 aromatic heterocycles. The number of anilines is 1. The Morgan fingerprint density at radius 3 is 2.58 bits per heavy atom. The molecule has 0 fully saturated rings. The minimum atomic E-state index is -0.296. The molecule has 0 saturated heterocycles. The highest BCUT2D eigenvalue weighted by Gasteiger charge is 2.37. The van der Waals surface area contributed by atoms with E-state index in [1.54, 1.807) is 0 Å². The number of ketones is 1. The first-order valence-electron chi connectivity index (χ1n) is 8.45. The van der Waals surface area contributed by atoms with Crippen LogP contribution in [-0.4, -0.2) is 23.3 Å². The highest BCUT2D eigenvalue weighted by molar-refractivity contribution is 6.08. The predicted molar refractivity (Wildman–Crippen MR) is 96.0 cm³/mol. The second-order valence-electron chi connectivity index (χ2n) is 7.44. The first-order valence-corrected chi connectivity index (χ1v) is 8.45. The Bertz CT molecular complexity index is 753. The maximum atomic E-state index is 12.8. The smallest absolute Gasteiger partial charge is 0.251 e. The van der Waals surface area contributed by atoms with Crippen molar-refractivity contribution in [2.45, 2.75) is 45.7 Å². The quantitative estimate of drug-likeness (QED) is 0.876. The van der Waals surface area contributed by atoms with E-state index >= 15 is 0 Å². The Morgan fingerprint density at radius 1 is 1.21 bits per heavy atom. The number of hydrogen-bond acceptors (Lipinski definition) is 3. The third-order valence-corrected chi connectivity index (χ3v) is 4.39. The lowest BCUT2D eigenvalue weighted by molar-refractivity contribution is -0.118. The zero-order valence-electron chi connectivity index (χ0n) is 14.6. The van der Waals surface area contributed by atoms with E-state index in [1.807, 2.05) is 64.1 Å². The second kappa shape index (κ2) is 5.93. The minimum absolute atomic E-state index is 0.0813. The zero-order valence-corrected chi connectivity index (χ0v) is 14.6. The number of benzene rings is 1. The molecule has 4 heteroatoms. The normalized spacial score (nSPS) is 22.6. The molecule has 126 valence electrons. The van der Waals surface area contributed by atoms with Crippen molar-refractivity contribution in [2.75, 3.05) is 5.32 Å². The van der Waals surface area contributed by atoms with E-state index in [9.17, 15) is 9.59 Å². The van der Waals surface area contributed by atoms with Crippen LogP contribution in [0.1, 0.15) is 44.5 Å². The van der Waals surface area contributed by atoms with E-state index in [0.717, 1.165) is 23.2 Å². The second-order valence-corrected chi connectivity index (χ2v) is 7.44. The van der Waals surface area contributed by atoms with E-state index < -0.39 is 0 Å². The Morgan fingerprint density at radius 2 is 1.92 bits per heavy atom. The summed E-state index contributed by atoms with van der Waals surface area (Å²) < 4.78 is 0. The molecule has 1 heterocycles. The molecule has 0 saturated carbocycles. The van der Waals surface area contributed by atoms with Gasteiger partial charge >= 0.3 is 0 Å². The van der Waals surface area contributed by atoms with Crippen LogP contribution in [-0.2, 0) is 4.79 Å². The third kappa shape index (κ3) is 3.01. The molecule has 2 N–H and O–H groups in total. The molecule has 1 aliphatic carbocycles. The summed E-state index contributed by atoms with van der Waals surface area (Å²) in [4.78, 5) is 25.5. The predicted octanol–water partition coefficient (Wildman–Crippen LogP) is 3.47. The molecule has 1 aromatic rings. The number of nitrogens with one attached hydrogen (secondary N) is 2. The van der Waals surface area contributed by atoms with Gasteiger partial charge in [-0.05, 0) is 51.0 Å². The van der Waals surface area contributed by atoms with Crippen LogP contribution in [0.25, 0.3) is 0 Å². The number of carbonyl (C=O) groups is 2. The fraction of sp³-hybridized carbons (Fsp3) is 0.400. The SMILES string of the molecule is CCC1=CC2C(=O)c3ccccc3NC2C=C1C(=O)NC(C)(C)C. The van der Waals surface area contributed by atoms with Crippen molar-refractivity contribution in [2.24, 2.45) is 5.92 Å². The first-order chi connectivity index (χ1) is 11.3. The highest BCUT2D eigenvalue weighted by Crippen LogP contribution is 2.35. The van der Waals surface area contributed by atoms with Crippen molar-refractivity contribution in [1.82, 2.24) is 5.32 Å². The van der Waals surface area contributed by atoms with Crippen LogP contribution >= 0.6 is 0 Å². The minimum Gasteiger partial charge on any atom is -0.377 e. The van der Waals surface area contributed by atoms with Gasteiger partial charge in [0.2, 0.25) is 0 Å². The van der Waals surface area contributed by atoms with Gasteiger partial charge in [0.25, 0.3) is 5.91 Å². The third-order valence-electron chi connectivity index (χ3n) is 4.39. The average Bonchev–Trinajstić information content (AvgIpc) is 2.52. The molecule has 0 radical (unpaired) electrons. The van der Waals surface area contributed by atoms with Crippen LogP contribution in [0.5, 0.6) is 0 Å². The molecular formula is C20H24N2O2. The number of Topliss-reactive ketones (excluding diaryl/α,β-unsaturated/α-hetero) is 1. The van der Waals surface area contributed by atoms with Crippen molar-refractivity contribution in [3.8, 4) is 0 Å². The van der Waals surface area contributed by atoms with Gasteiger partial charge in [0.05, 0.1) is 12.0 Å². The lowest BCUT2D eigenvalue weighted by Gasteiger charge is -2.34. The van der Waals surface area contributed by atoms with E-state index in [1.165, 1.54) is 0 Å². The monoisotopic (exact) mass is 324 g/mol. The fourth-order valence-corrected chi connectivity index (χ4v) is 3.29. The molecule has 2 unspecified atom stereocenters. The van der Waals surface area contributed by atoms with Gasteiger partial charge in [-0.2, -0.15) is 0 Å². The lowest BCUT2D eigenvalue weighted by atomic mass is 9.78. The van der Waals surface area contributed by atoms with Crippen LogP contribution in [0.4, 0.5) is 5.69 Å². The van der Waals surface area contributed by atoms with Gasteiger partial charge in [-0.15, -0.1) is 0 Å². The standard InChI is InChI=1S/C20H24N2O2/c1-5-12-10-15-17(11-14(12)19(24)22-20(2,3)4)21-16-9-7-6-8-13(16)18(15)23/h6-11,15,17,21H,5H2,1-4H3,(H,22,24). The number of carbonyl (C=O) groups excluding carboxylic acids is 2. The molecule has 2 atom stereocenters. The molecule has 0 bridgehead atoms. The summed E-state index contributed by atoms with van der Waals surface area (Å²) in [5, 5.41) is 6.42. The van der Waals surface area contributed by atoms with Gasteiger partial charge in [-0.3, -0.25) is 9.59 Å². The number of amides is 1. The Labute approximate surface area is 143 Å². The number of fused-ring (bicyclic) bond motifs is 2. The van der Waals surface area contributed by atoms with E-state index in [0.29, 0.717) is 5.57 Å².